The minimum atomic E-state index is -1.61. The van der Waals surface area contributed by atoms with Crippen LogP contribution >= 0.6 is 0 Å². The van der Waals surface area contributed by atoms with Crippen LogP contribution < -0.4 is 5.32 Å². The van der Waals surface area contributed by atoms with Crippen LogP contribution in [0.3, 0.4) is 0 Å². The molecule has 1 aliphatic heterocycles. The van der Waals surface area contributed by atoms with Crippen LogP contribution in [0.15, 0.2) is 60.7 Å². The van der Waals surface area contributed by atoms with Crippen molar-refractivity contribution in [3.8, 4) is 0 Å². The monoisotopic (exact) mass is 365 g/mol. The molecule has 0 spiro atoms. The SMILES string of the molecule is CCCc1ccc2c(C3(F)C=CC=CC3C3NC(C)(C)CO3)cccc2c1. The van der Waals surface area contributed by atoms with E-state index < -0.39 is 11.6 Å². The molecule has 2 aromatic carbocycles. The van der Waals surface area contributed by atoms with Gasteiger partial charge in [-0.1, -0.05) is 68.0 Å². The second-order valence-corrected chi connectivity index (χ2v) is 8.41. The zero-order chi connectivity index (χ0) is 19.1. The molecule has 0 radical (unpaired) electrons. The van der Waals surface area contributed by atoms with E-state index in [2.05, 4.69) is 50.4 Å². The van der Waals surface area contributed by atoms with Gasteiger partial charge >= 0.3 is 0 Å². The van der Waals surface area contributed by atoms with Gasteiger partial charge in [-0.15, -0.1) is 0 Å². The molecule has 2 nitrogen and oxygen atoms in total. The van der Waals surface area contributed by atoms with Gasteiger partial charge in [0.15, 0.2) is 5.67 Å². The van der Waals surface area contributed by atoms with E-state index in [1.54, 1.807) is 12.2 Å². The first-order valence-corrected chi connectivity index (χ1v) is 9.89. The number of hydrogen-bond acceptors (Lipinski definition) is 2. The maximum atomic E-state index is 16.6. The first kappa shape index (κ1) is 18.4. The lowest BCUT2D eigenvalue weighted by Gasteiger charge is -2.36. The normalized spacial score (nSPS) is 29.5. The van der Waals surface area contributed by atoms with Gasteiger partial charge in [0.1, 0.15) is 6.23 Å². The zero-order valence-electron chi connectivity index (χ0n) is 16.3. The first-order chi connectivity index (χ1) is 12.9. The minimum absolute atomic E-state index is 0.144. The Labute approximate surface area is 161 Å². The topological polar surface area (TPSA) is 21.3 Å². The minimum Gasteiger partial charge on any atom is -0.361 e. The fourth-order valence-electron chi connectivity index (χ4n) is 4.29. The quantitative estimate of drug-likeness (QED) is 0.781. The second kappa shape index (κ2) is 6.88. The zero-order valence-corrected chi connectivity index (χ0v) is 16.3. The third-order valence-corrected chi connectivity index (χ3v) is 5.63. The van der Waals surface area contributed by atoms with Crippen molar-refractivity contribution in [2.75, 3.05) is 6.61 Å². The lowest BCUT2D eigenvalue weighted by Crippen LogP contribution is -2.47. The van der Waals surface area contributed by atoms with Crippen molar-refractivity contribution in [3.63, 3.8) is 0 Å². The lowest BCUT2D eigenvalue weighted by atomic mass is 9.77. The molecule has 0 bridgehead atoms. The number of fused-ring (bicyclic) bond motifs is 1. The Morgan fingerprint density at radius 2 is 2.04 bits per heavy atom. The van der Waals surface area contributed by atoms with Crippen molar-refractivity contribution >= 4 is 10.8 Å². The molecule has 3 heteroatoms. The van der Waals surface area contributed by atoms with E-state index in [0.717, 1.165) is 23.6 Å². The van der Waals surface area contributed by atoms with Crippen LogP contribution in [0.5, 0.6) is 0 Å². The van der Waals surface area contributed by atoms with E-state index in [0.29, 0.717) is 12.2 Å². The number of nitrogens with one attached hydrogen (secondary N) is 1. The van der Waals surface area contributed by atoms with Crippen molar-refractivity contribution in [2.45, 2.75) is 51.0 Å². The maximum absolute atomic E-state index is 16.6. The van der Waals surface area contributed by atoms with Gasteiger partial charge in [0.2, 0.25) is 0 Å². The van der Waals surface area contributed by atoms with Gasteiger partial charge in [-0.05, 0) is 42.7 Å². The molecule has 1 saturated heterocycles. The van der Waals surface area contributed by atoms with E-state index in [-0.39, 0.29) is 11.8 Å². The molecule has 0 amide bonds. The summed E-state index contributed by atoms with van der Waals surface area (Å²) >= 11 is 0. The number of allylic oxidation sites excluding steroid dienone is 3. The Balaban J connectivity index is 1.78. The fourth-order valence-corrected chi connectivity index (χ4v) is 4.29. The molecule has 1 N–H and O–H groups in total. The third-order valence-electron chi connectivity index (χ3n) is 5.63. The van der Waals surface area contributed by atoms with Crippen LogP contribution in [-0.2, 0) is 16.8 Å². The first-order valence-electron chi connectivity index (χ1n) is 9.89. The predicted octanol–water partition coefficient (Wildman–Crippen LogP) is 5.42. The predicted molar refractivity (Wildman–Crippen MR) is 109 cm³/mol. The van der Waals surface area contributed by atoms with Crippen LogP contribution in [0.4, 0.5) is 4.39 Å². The molecule has 2 aromatic rings. The maximum Gasteiger partial charge on any atom is 0.165 e. The summed E-state index contributed by atoms with van der Waals surface area (Å²) in [6, 6.07) is 12.3. The molecule has 1 heterocycles. The Bertz CT molecular complexity index is 900. The third kappa shape index (κ3) is 3.35. The van der Waals surface area contributed by atoms with Crippen molar-refractivity contribution in [2.24, 2.45) is 5.92 Å². The van der Waals surface area contributed by atoms with Crippen molar-refractivity contribution < 1.29 is 9.13 Å². The highest BCUT2D eigenvalue weighted by Gasteiger charge is 2.47. The van der Waals surface area contributed by atoms with E-state index in [1.165, 1.54) is 5.56 Å². The molecule has 1 fully saturated rings. The van der Waals surface area contributed by atoms with Gasteiger partial charge < -0.3 is 4.74 Å². The average Bonchev–Trinajstić information content (AvgIpc) is 3.01. The van der Waals surface area contributed by atoms with Gasteiger partial charge in [-0.2, -0.15) is 0 Å². The summed E-state index contributed by atoms with van der Waals surface area (Å²) < 4.78 is 22.5. The standard InChI is InChI=1S/C24H28FNO/c1-4-8-17-12-13-19-18(15-17)9-7-11-20(19)24(25)14-6-5-10-21(24)22-26-23(2,3)16-27-22/h5-7,9-15,21-22,26H,4,8,16H2,1-3H3. The number of halogens is 1. The Morgan fingerprint density at radius 1 is 1.19 bits per heavy atom. The summed E-state index contributed by atoms with van der Waals surface area (Å²) in [4.78, 5) is 0. The van der Waals surface area contributed by atoms with Crippen molar-refractivity contribution in [3.05, 3.63) is 71.8 Å². The van der Waals surface area contributed by atoms with E-state index in [1.807, 2.05) is 24.3 Å². The van der Waals surface area contributed by atoms with Crippen LogP contribution in [-0.4, -0.2) is 18.4 Å². The number of alkyl halides is 1. The smallest absolute Gasteiger partial charge is 0.165 e. The lowest BCUT2D eigenvalue weighted by molar-refractivity contribution is 0.00766. The number of aryl methyl sites for hydroxylation is 1. The van der Waals surface area contributed by atoms with Crippen molar-refractivity contribution in [1.82, 2.24) is 5.32 Å². The molecular weight excluding hydrogens is 337 g/mol. The highest BCUT2D eigenvalue weighted by Crippen LogP contribution is 2.45. The molecular formula is C24H28FNO. The van der Waals surface area contributed by atoms with Gasteiger partial charge in [0.25, 0.3) is 0 Å². The van der Waals surface area contributed by atoms with E-state index >= 15 is 4.39 Å². The second-order valence-electron chi connectivity index (χ2n) is 8.41. The number of rotatable bonds is 4. The van der Waals surface area contributed by atoms with Gasteiger partial charge in [0, 0.05) is 11.1 Å². The summed E-state index contributed by atoms with van der Waals surface area (Å²) in [5.41, 5.74) is 0.254. The molecule has 0 aromatic heterocycles. The summed E-state index contributed by atoms with van der Waals surface area (Å²) in [5.74, 6) is -0.412. The van der Waals surface area contributed by atoms with Crippen LogP contribution in [0, 0.1) is 5.92 Å². The van der Waals surface area contributed by atoms with Crippen LogP contribution in [0.25, 0.3) is 10.8 Å². The molecule has 4 rings (SSSR count). The number of benzene rings is 2. The van der Waals surface area contributed by atoms with Crippen LogP contribution in [0.2, 0.25) is 0 Å². The molecule has 1 aliphatic carbocycles. The van der Waals surface area contributed by atoms with E-state index in [4.69, 9.17) is 4.74 Å². The molecule has 3 unspecified atom stereocenters. The molecule has 27 heavy (non-hydrogen) atoms. The highest BCUT2D eigenvalue weighted by atomic mass is 19.1. The fraction of sp³-hybridized carbons (Fsp3) is 0.417. The number of hydrogen-bond donors (Lipinski definition) is 1. The number of ether oxygens (including phenoxy) is 1. The Kier molecular flexibility index (Phi) is 4.69. The summed E-state index contributed by atoms with van der Waals surface area (Å²) in [6.07, 6.45) is 9.15. The highest BCUT2D eigenvalue weighted by molar-refractivity contribution is 5.87. The molecule has 2 aliphatic rings. The molecule has 0 saturated carbocycles. The molecule has 3 atom stereocenters. The summed E-state index contributed by atoms with van der Waals surface area (Å²) in [5, 5.41) is 5.52. The molecule has 142 valence electrons. The summed E-state index contributed by atoms with van der Waals surface area (Å²) in [7, 11) is 0. The average molecular weight is 365 g/mol. The van der Waals surface area contributed by atoms with Gasteiger partial charge in [-0.25, -0.2) is 4.39 Å². The summed E-state index contributed by atoms with van der Waals surface area (Å²) in [6.45, 7) is 6.93. The van der Waals surface area contributed by atoms with E-state index in [9.17, 15) is 0 Å². The van der Waals surface area contributed by atoms with Gasteiger partial charge in [0.05, 0.1) is 12.5 Å². The largest absolute Gasteiger partial charge is 0.361 e. The van der Waals surface area contributed by atoms with Crippen molar-refractivity contribution in [1.29, 1.82) is 0 Å². The Morgan fingerprint density at radius 3 is 2.78 bits per heavy atom. The van der Waals surface area contributed by atoms with Crippen LogP contribution in [0.1, 0.15) is 38.3 Å². The van der Waals surface area contributed by atoms with Gasteiger partial charge in [-0.3, -0.25) is 5.32 Å². The Hall–Kier alpha value is -1.97.